The molecule has 0 bridgehead atoms. The first-order valence-electron chi connectivity index (χ1n) is 6.79. The van der Waals surface area contributed by atoms with Crippen molar-refractivity contribution < 1.29 is 9.53 Å². The molecule has 0 aliphatic carbocycles. The molecule has 6 nitrogen and oxygen atoms in total. The molecule has 1 aromatic carbocycles. The van der Waals surface area contributed by atoms with Crippen LogP contribution in [0.5, 0.6) is 5.75 Å². The van der Waals surface area contributed by atoms with Gasteiger partial charge in [-0.25, -0.2) is 4.68 Å². The Morgan fingerprint density at radius 3 is 2.87 bits per heavy atom. The number of amides is 1. The molecule has 3 aromatic rings. The molecule has 0 unspecified atom stereocenters. The molecule has 1 amide bonds. The number of carbonyl (C=O) groups is 1. The van der Waals surface area contributed by atoms with Crippen LogP contribution in [0.2, 0.25) is 5.02 Å². The van der Waals surface area contributed by atoms with E-state index in [-0.39, 0.29) is 12.5 Å². The van der Waals surface area contributed by atoms with Crippen LogP contribution in [0.4, 0.5) is 0 Å². The molecule has 1 N–H and O–H groups in total. The van der Waals surface area contributed by atoms with Gasteiger partial charge in [-0.3, -0.25) is 4.79 Å². The van der Waals surface area contributed by atoms with Gasteiger partial charge in [-0.15, -0.1) is 5.10 Å². The SMILES string of the molecule is O=C(COc1ccc(Cl)cc1)NCc1cn(-c2ccsc2)nn1. The summed E-state index contributed by atoms with van der Waals surface area (Å²) in [7, 11) is 0. The smallest absolute Gasteiger partial charge is 0.258 e. The number of nitrogens with one attached hydrogen (secondary N) is 1. The number of hydrogen-bond acceptors (Lipinski definition) is 5. The number of rotatable bonds is 6. The Labute approximate surface area is 141 Å². The monoisotopic (exact) mass is 348 g/mol. The lowest BCUT2D eigenvalue weighted by molar-refractivity contribution is -0.123. The van der Waals surface area contributed by atoms with Crippen LogP contribution in [0.3, 0.4) is 0 Å². The predicted molar refractivity (Wildman–Crippen MR) is 88.0 cm³/mol. The molecule has 0 aliphatic heterocycles. The summed E-state index contributed by atoms with van der Waals surface area (Å²) in [6.07, 6.45) is 1.78. The fourth-order valence-corrected chi connectivity index (χ4v) is 2.56. The third-order valence-corrected chi connectivity index (χ3v) is 3.88. The molecule has 3 rings (SSSR count). The minimum atomic E-state index is -0.231. The molecule has 0 radical (unpaired) electrons. The average Bonchev–Trinajstić information content (AvgIpc) is 3.23. The Morgan fingerprint density at radius 2 is 2.13 bits per heavy atom. The van der Waals surface area contributed by atoms with Crippen LogP contribution in [0.1, 0.15) is 5.69 Å². The minimum absolute atomic E-state index is 0.0691. The molecule has 118 valence electrons. The first-order valence-corrected chi connectivity index (χ1v) is 8.11. The van der Waals surface area contributed by atoms with Crippen molar-refractivity contribution in [2.45, 2.75) is 6.54 Å². The third kappa shape index (κ3) is 4.30. The predicted octanol–water partition coefficient (Wildman–Crippen LogP) is 2.68. The minimum Gasteiger partial charge on any atom is -0.484 e. The molecule has 0 aliphatic rings. The molecule has 2 aromatic heterocycles. The van der Waals surface area contributed by atoms with E-state index in [2.05, 4.69) is 15.6 Å². The van der Waals surface area contributed by atoms with E-state index in [4.69, 9.17) is 16.3 Å². The van der Waals surface area contributed by atoms with Gasteiger partial charge < -0.3 is 10.1 Å². The van der Waals surface area contributed by atoms with Crippen molar-refractivity contribution in [2.75, 3.05) is 6.61 Å². The van der Waals surface area contributed by atoms with E-state index >= 15 is 0 Å². The van der Waals surface area contributed by atoms with Crippen LogP contribution in [0.25, 0.3) is 5.69 Å². The maximum absolute atomic E-state index is 11.8. The largest absolute Gasteiger partial charge is 0.484 e. The summed E-state index contributed by atoms with van der Waals surface area (Å²) < 4.78 is 7.03. The molecular formula is C15H13ClN4O2S. The standard InChI is InChI=1S/C15H13ClN4O2S/c16-11-1-3-14(4-2-11)22-9-15(21)17-7-12-8-20(19-18-12)13-5-6-23-10-13/h1-6,8,10H,7,9H2,(H,17,21). The first-order chi connectivity index (χ1) is 11.2. The Kier molecular flexibility index (Phi) is 4.89. The van der Waals surface area contributed by atoms with Gasteiger partial charge in [-0.2, -0.15) is 11.3 Å². The molecule has 0 fully saturated rings. The second-order valence-corrected chi connectivity index (χ2v) is 5.87. The number of ether oxygens (including phenoxy) is 1. The summed E-state index contributed by atoms with van der Waals surface area (Å²) in [6, 6.07) is 8.78. The highest BCUT2D eigenvalue weighted by atomic mass is 35.5. The van der Waals surface area contributed by atoms with Crippen molar-refractivity contribution in [3.8, 4) is 11.4 Å². The lowest BCUT2D eigenvalue weighted by Crippen LogP contribution is -2.28. The summed E-state index contributed by atoms with van der Waals surface area (Å²) in [5, 5.41) is 15.3. The fourth-order valence-electron chi connectivity index (χ4n) is 1.81. The second-order valence-electron chi connectivity index (χ2n) is 4.66. The van der Waals surface area contributed by atoms with Crippen molar-refractivity contribution in [3.63, 3.8) is 0 Å². The van der Waals surface area contributed by atoms with Gasteiger partial charge in [0.1, 0.15) is 11.4 Å². The van der Waals surface area contributed by atoms with Gasteiger partial charge in [0.25, 0.3) is 5.91 Å². The van der Waals surface area contributed by atoms with Gasteiger partial charge in [0.05, 0.1) is 18.4 Å². The van der Waals surface area contributed by atoms with E-state index in [1.807, 2.05) is 16.8 Å². The molecule has 8 heteroatoms. The quantitative estimate of drug-likeness (QED) is 0.743. The van der Waals surface area contributed by atoms with Gasteiger partial charge in [-0.1, -0.05) is 16.8 Å². The number of carbonyl (C=O) groups excluding carboxylic acids is 1. The zero-order valence-electron chi connectivity index (χ0n) is 12.0. The zero-order valence-corrected chi connectivity index (χ0v) is 13.5. The van der Waals surface area contributed by atoms with Crippen molar-refractivity contribution >= 4 is 28.8 Å². The molecule has 0 saturated heterocycles. The third-order valence-electron chi connectivity index (χ3n) is 2.96. The van der Waals surface area contributed by atoms with Crippen LogP contribution in [-0.2, 0) is 11.3 Å². The van der Waals surface area contributed by atoms with Gasteiger partial charge >= 0.3 is 0 Å². The molecule has 0 spiro atoms. The van der Waals surface area contributed by atoms with Crippen LogP contribution >= 0.6 is 22.9 Å². The summed E-state index contributed by atoms with van der Waals surface area (Å²) in [6.45, 7) is 0.229. The zero-order chi connectivity index (χ0) is 16.1. The maximum atomic E-state index is 11.8. The number of aromatic nitrogens is 3. The molecule has 23 heavy (non-hydrogen) atoms. The highest BCUT2D eigenvalue weighted by Gasteiger charge is 2.06. The number of thiophene rings is 1. The highest BCUT2D eigenvalue weighted by Crippen LogP contribution is 2.15. The normalized spacial score (nSPS) is 10.5. The van der Waals surface area contributed by atoms with Crippen LogP contribution < -0.4 is 10.1 Å². The van der Waals surface area contributed by atoms with E-state index in [1.54, 1.807) is 46.5 Å². The summed E-state index contributed by atoms with van der Waals surface area (Å²) >= 11 is 7.37. The van der Waals surface area contributed by atoms with E-state index in [1.165, 1.54) is 0 Å². The number of benzene rings is 1. The van der Waals surface area contributed by atoms with Crippen LogP contribution in [0.15, 0.2) is 47.3 Å². The Bertz CT molecular complexity index is 771. The first kappa shape index (κ1) is 15.5. The number of halogens is 1. The Hall–Kier alpha value is -2.38. The average molecular weight is 349 g/mol. The molecular weight excluding hydrogens is 336 g/mol. The van der Waals surface area contributed by atoms with Gasteiger partial charge in [0.2, 0.25) is 0 Å². The molecule has 0 saturated carbocycles. The Balaban J connectivity index is 1.46. The summed E-state index contributed by atoms with van der Waals surface area (Å²) in [5.41, 5.74) is 1.63. The number of nitrogens with zero attached hydrogens (tertiary/aromatic N) is 3. The van der Waals surface area contributed by atoms with Gasteiger partial charge in [-0.05, 0) is 35.7 Å². The van der Waals surface area contributed by atoms with E-state index in [0.29, 0.717) is 23.0 Å². The topological polar surface area (TPSA) is 69.0 Å². The van der Waals surface area contributed by atoms with E-state index in [9.17, 15) is 4.79 Å². The van der Waals surface area contributed by atoms with Crippen LogP contribution in [-0.4, -0.2) is 27.5 Å². The van der Waals surface area contributed by atoms with Crippen molar-refractivity contribution in [2.24, 2.45) is 0 Å². The summed E-state index contributed by atoms with van der Waals surface area (Å²) in [4.78, 5) is 11.8. The summed E-state index contributed by atoms with van der Waals surface area (Å²) in [5.74, 6) is 0.359. The number of hydrogen-bond donors (Lipinski definition) is 1. The van der Waals surface area contributed by atoms with E-state index < -0.39 is 0 Å². The van der Waals surface area contributed by atoms with Crippen molar-refractivity contribution in [1.29, 1.82) is 0 Å². The Morgan fingerprint density at radius 1 is 1.30 bits per heavy atom. The van der Waals surface area contributed by atoms with Crippen molar-refractivity contribution in [1.82, 2.24) is 20.3 Å². The van der Waals surface area contributed by atoms with Crippen LogP contribution in [0, 0.1) is 0 Å². The van der Waals surface area contributed by atoms with Gasteiger partial charge in [0, 0.05) is 10.4 Å². The lowest BCUT2D eigenvalue weighted by Gasteiger charge is -2.06. The second kappa shape index (κ2) is 7.26. The van der Waals surface area contributed by atoms with Crippen molar-refractivity contribution in [3.05, 3.63) is 58.0 Å². The molecule has 2 heterocycles. The van der Waals surface area contributed by atoms with E-state index in [0.717, 1.165) is 5.69 Å². The van der Waals surface area contributed by atoms with Gasteiger partial charge in [0.15, 0.2) is 6.61 Å². The maximum Gasteiger partial charge on any atom is 0.258 e. The molecule has 0 atom stereocenters. The highest BCUT2D eigenvalue weighted by molar-refractivity contribution is 7.08. The lowest BCUT2D eigenvalue weighted by atomic mass is 10.3. The fraction of sp³-hybridized carbons (Fsp3) is 0.133.